The van der Waals surface area contributed by atoms with E-state index in [9.17, 15) is 14.7 Å². The fourth-order valence-corrected chi connectivity index (χ4v) is 4.85. The minimum atomic E-state index is -0.829. The summed E-state index contributed by atoms with van der Waals surface area (Å²) in [4.78, 5) is 26.3. The number of piperidine rings is 1. The maximum atomic E-state index is 12.1. The van der Waals surface area contributed by atoms with E-state index in [0.717, 1.165) is 19.6 Å². The number of carboxylic acid groups (broad SMARTS) is 1. The van der Waals surface area contributed by atoms with Crippen LogP contribution in [0.3, 0.4) is 0 Å². The van der Waals surface area contributed by atoms with Crippen molar-refractivity contribution in [3.05, 3.63) is 19.2 Å². The molecule has 1 aromatic heterocycles. The van der Waals surface area contributed by atoms with Crippen molar-refractivity contribution in [2.75, 3.05) is 6.54 Å². The molecule has 2 unspecified atom stereocenters. The Bertz CT molecular complexity index is 512. The Labute approximate surface area is 138 Å². The van der Waals surface area contributed by atoms with E-state index in [2.05, 4.69) is 31.9 Å². The van der Waals surface area contributed by atoms with Gasteiger partial charge in [0.05, 0.1) is 15.7 Å². The van der Waals surface area contributed by atoms with Gasteiger partial charge in [-0.25, -0.2) is 0 Å². The zero-order valence-corrected chi connectivity index (χ0v) is 14.9. The summed E-state index contributed by atoms with van der Waals surface area (Å²) < 4.78 is 1.82. The summed E-state index contributed by atoms with van der Waals surface area (Å²) in [5.41, 5.74) is 0. The van der Waals surface area contributed by atoms with E-state index in [1.54, 1.807) is 4.90 Å². The van der Waals surface area contributed by atoms with Crippen LogP contribution in [0.5, 0.6) is 0 Å². The first-order valence-corrected chi connectivity index (χ1v) is 8.83. The van der Waals surface area contributed by atoms with Gasteiger partial charge in [-0.3, -0.25) is 9.59 Å². The summed E-state index contributed by atoms with van der Waals surface area (Å²) in [5.74, 6) is -1.31. The number of aliphatic carboxylic acids is 1. The van der Waals surface area contributed by atoms with E-state index < -0.39 is 11.9 Å². The zero-order chi connectivity index (χ0) is 14.9. The van der Waals surface area contributed by atoms with Crippen molar-refractivity contribution in [3.63, 3.8) is 0 Å². The van der Waals surface area contributed by atoms with E-state index in [1.165, 1.54) is 11.3 Å². The number of carbonyl (C=O) groups excluding carboxylic acids is 1. The lowest BCUT2D eigenvalue weighted by molar-refractivity contribution is -0.152. The molecule has 110 valence electrons. The number of likely N-dealkylation sites (tertiary alicyclic amines) is 1. The van der Waals surface area contributed by atoms with Gasteiger partial charge in [0.1, 0.15) is 0 Å². The highest BCUT2D eigenvalue weighted by atomic mass is 79.9. The highest BCUT2D eigenvalue weighted by Crippen LogP contribution is 2.43. The van der Waals surface area contributed by atoms with E-state index in [4.69, 9.17) is 0 Å². The summed E-state index contributed by atoms with van der Waals surface area (Å²) in [6.45, 7) is 2.59. The molecule has 1 fully saturated rings. The molecule has 1 saturated heterocycles. The zero-order valence-electron chi connectivity index (χ0n) is 10.9. The number of rotatable bonds is 4. The molecule has 0 aromatic carbocycles. The molecular formula is C13H15Br2NO3S. The van der Waals surface area contributed by atoms with Gasteiger partial charge in [0.25, 0.3) is 0 Å². The monoisotopic (exact) mass is 423 g/mol. The largest absolute Gasteiger partial charge is 0.481 e. The van der Waals surface area contributed by atoms with Crippen LogP contribution in [0, 0.1) is 5.92 Å². The third kappa shape index (κ3) is 3.09. The fourth-order valence-electron chi connectivity index (χ4n) is 2.58. The summed E-state index contributed by atoms with van der Waals surface area (Å²) >= 11 is 8.35. The average molecular weight is 425 g/mol. The lowest BCUT2D eigenvalue weighted by Gasteiger charge is -2.38. The molecule has 0 spiro atoms. The van der Waals surface area contributed by atoms with Crippen molar-refractivity contribution in [2.45, 2.75) is 32.2 Å². The van der Waals surface area contributed by atoms with E-state index in [-0.39, 0.29) is 11.9 Å². The van der Waals surface area contributed by atoms with Gasteiger partial charge in [0, 0.05) is 22.3 Å². The highest BCUT2D eigenvalue weighted by molar-refractivity contribution is 9.13. The topological polar surface area (TPSA) is 57.6 Å². The Hall–Kier alpha value is -0.400. The molecular weight excluding hydrogens is 410 g/mol. The Morgan fingerprint density at radius 2 is 2.25 bits per heavy atom. The second-order valence-corrected chi connectivity index (χ2v) is 8.04. The van der Waals surface area contributed by atoms with Crippen LogP contribution >= 0.6 is 43.2 Å². The van der Waals surface area contributed by atoms with Crippen molar-refractivity contribution in [3.8, 4) is 0 Å². The van der Waals surface area contributed by atoms with Gasteiger partial charge in [-0.05, 0) is 50.8 Å². The number of carboxylic acids is 1. The lowest BCUT2D eigenvalue weighted by Crippen LogP contribution is -2.45. The van der Waals surface area contributed by atoms with Crippen molar-refractivity contribution >= 4 is 55.1 Å². The summed E-state index contributed by atoms with van der Waals surface area (Å²) in [7, 11) is 0. The van der Waals surface area contributed by atoms with E-state index in [0.29, 0.717) is 19.4 Å². The molecule has 1 aromatic rings. The van der Waals surface area contributed by atoms with Crippen LogP contribution in [0.1, 0.15) is 37.1 Å². The van der Waals surface area contributed by atoms with Crippen molar-refractivity contribution < 1.29 is 14.7 Å². The van der Waals surface area contributed by atoms with Gasteiger partial charge in [-0.2, -0.15) is 0 Å². The lowest BCUT2D eigenvalue weighted by atomic mass is 9.87. The normalized spacial score (nSPS) is 23.1. The predicted molar refractivity (Wildman–Crippen MR) is 84.8 cm³/mol. The number of nitrogens with zero attached hydrogens (tertiary/aromatic N) is 1. The molecule has 1 aliphatic heterocycles. The molecule has 1 aliphatic rings. The SMILES string of the molecule is CCCN1C(=O)CCC(C(=O)O)C1c1cc(Br)c(Br)s1. The third-order valence-electron chi connectivity index (χ3n) is 3.44. The molecule has 1 N–H and O–H groups in total. The third-order valence-corrected chi connectivity index (χ3v) is 6.77. The number of hydrogen-bond donors (Lipinski definition) is 1. The van der Waals surface area contributed by atoms with Crippen LogP contribution in [0.4, 0.5) is 0 Å². The first-order valence-electron chi connectivity index (χ1n) is 6.42. The van der Waals surface area contributed by atoms with Gasteiger partial charge in [0.15, 0.2) is 0 Å². The molecule has 2 heterocycles. The minimum Gasteiger partial charge on any atom is -0.481 e. The molecule has 20 heavy (non-hydrogen) atoms. The Morgan fingerprint density at radius 1 is 1.55 bits per heavy atom. The molecule has 0 radical (unpaired) electrons. The van der Waals surface area contributed by atoms with Gasteiger partial charge in [-0.1, -0.05) is 6.92 Å². The molecule has 7 heteroatoms. The van der Waals surface area contributed by atoms with Crippen LogP contribution in [-0.4, -0.2) is 28.4 Å². The van der Waals surface area contributed by atoms with E-state index >= 15 is 0 Å². The van der Waals surface area contributed by atoms with Gasteiger partial charge in [-0.15, -0.1) is 11.3 Å². The number of carbonyl (C=O) groups is 2. The Kier molecular flexibility index (Phi) is 5.25. The van der Waals surface area contributed by atoms with Gasteiger partial charge >= 0.3 is 5.97 Å². The fraction of sp³-hybridized carbons (Fsp3) is 0.538. The summed E-state index contributed by atoms with van der Waals surface area (Å²) in [6.07, 6.45) is 1.55. The quantitative estimate of drug-likeness (QED) is 0.793. The van der Waals surface area contributed by atoms with Crippen LogP contribution in [-0.2, 0) is 9.59 Å². The van der Waals surface area contributed by atoms with Crippen LogP contribution in [0.25, 0.3) is 0 Å². The Morgan fingerprint density at radius 3 is 2.75 bits per heavy atom. The number of thiophene rings is 1. The maximum absolute atomic E-state index is 12.1. The minimum absolute atomic E-state index is 0.0509. The predicted octanol–water partition coefficient (Wildman–Crippen LogP) is 4.05. The maximum Gasteiger partial charge on any atom is 0.308 e. The molecule has 2 rings (SSSR count). The van der Waals surface area contributed by atoms with E-state index in [1.807, 2.05) is 13.0 Å². The summed E-state index contributed by atoms with van der Waals surface area (Å²) in [5, 5.41) is 9.46. The molecule has 0 bridgehead atoms. The molecule has 2 atom stereocenters. The average Bonchev–Trinajstić information content (AvgIpc) is 2.71. The van der Waals surface area contributed by atoms with Gasteiger partial charge in [0.2, 0.25) is 5.91 Å². The van der Waals surface area contributed by atoms with Crippen molar-refractivity contribution in [1.82, 2.24) is 4.90 Å². The number of amides is 1. The second-order valence-electron chi connectivity index (χ2n) is 4.79. The second kappa shape index (κ2) is 6.58. The van der Waals surface area contributed by atoms with Crippen LogP contribution in [0.2, 0.25) is 0 Å². The molecule has 4 nitrogen and oxygen atoms in total. The first-order chi connectivity index (χ1) is 9.45. The molecule has 0 saturated carbocycles. The first kappa shape index (κ1) is 16.0. The smallest absolute Gasteiger partial charge is 0.308 e. The van der Waals surface area contributed by atoms with Crippen molar-refractivity contribution in [1.29, 1.82) is 0 Å². The van der Waals surface area contributed by atoms with Crippen LogP contribution in [0.15, 0.2) is 14.3 Å². The van der Waals surface area contributed by atoms with Crippen LogP contribution < -0.4 is 0 Å². The highest BCUT2D eigenvalue weighted by Gasteiger charge is 2.41. The molecule has 0 aliphatic carbocycles. The van der Waals surface area contributed by atoms with Crippen molar-refractivity contribution in [2.24, 2.45) is 5.92 Å². The summed E-state index contributed by atoms with van der Waals surface area (Å²) in [6, 6.07) is 1.55. The Balaban J connectivity index is 2.42. The molecule has 1 amide bonds. The van der Waals surface area contributed by atoms with Gasteiger partial charge < -0.3 is 10.0 Å². The number of hydrogen-bond acceptors (Lipinski definition) is 3. The number of halogens is 2. The standard InChI is InChI=1S/C13H15Br2NO3S/c1-2-5-16-10(17)4-3-7(13(18)19)11(16)9-6-8(14)12(15)20-9/h6-7,11H,2-5H2,1H3,(H,18,19).